The molecule has 3 aliphatic rings. The SMILES string of the molecule is C=CCOC12Oc3ccc(Oc4ccc5ccccc5c4)cc3C3C(CCCCO)C(CCCCO)C=C(C(=NOCc4ccc([N+](=O)[O-])cc4)CC1N(Cc1ccc(F)cc1)C(=O)c1ccc(C#N)cc1)C32. The summed E-state index contributed by atoms with van der Waals surface area (Å²) in [7, 11) is 0. The van der Waals surface area contributed by atoms with Gasteiger partial charge >= 0.3 is 0 Å². The number of amides is 1. The molecule has 6 aromatic carbocycles. The van der Waals surface area contributed by atoms with Gasteiger partial charge in [-0.05, 0) is 144 Å². The average Bonchev–Trinajstić information content (AvgIpc) is 3.41. The molecule has 1 amide bonds. The molecule has 9 rings (SSSR count). The van der Waals surface area contributed by atoms with E-state index < -0.39 is 34.4 Å². The van der Waals surface area contributed by atoms with Gasteiger partial charge in [0.15, 0.2) is 0 Å². The van der Waals surface area contributed by atoms with Crippen LogP contribution in [0.5, 0.6) is 17.2 Å². The van der Waals surface area contributed by atoms with Gasteiger partial charge in [0, 0.05) is 55.4 Å². The number of unbranched alkanes of at least 4 members (excludes halogenated alkanes) is 2. The number of allylic oxidation sites excluding steroid dienone is 1. The highest BCUT2D eigenvalue weighted by molar-refractivity contribution is 6.03. The summed E-state index contributed by atoms with van der Waals surface area (Å²) in [5.41, 5.74) is 4.10. The van der Waals surface area contributed by atoms with Gasteiger partial charge < -0.3 is 34.2 Å². The Bertz CT molecular complexity index is 3050. The molecule has 0 aromatic heterocycles. The molecule has 13 nitrogen and oxygen atoms in total. The predicted molar refractivity (Wildman–Crippen MR) is 274 cm³/mol. The van der Waals surface area contributed by atoms with Gasteiger partial charge in [0.25, 0.3) is 11.6 Å². The second-order valence-electron chi connectivity index (χ2n) is 18.8. The van der Waals surface area contributed by atoms with Crippen LogP contribution in [0.1, 0.15) is 83.5 Å². The van der Waals surface area contributed by atoms with Crippen molar-refractivity contribution < 1.29 is 43.4 Å². The number of aliphatic hydroxyl groups excluding tert-OH is 2. The molecule has 6 aromatic rings. The highest BCUT2D eigenvalue weighted by atomic mass is 19.1. The van der Waals surface area contributed by atoms with Crippen LogP contribution in [0.3, 0.4) is 0 Å². The summed E-state index contributed by atoms with van der Waals surface area (Å²) in [6, 6.07) is 39.4. The van der Waals surface area contributed by atoms with Gasteiger partial charge in [-0.15, -0.1) is 6.58 Å². The molecule has 0 spiro atoms. The Balaban J connectivity index is 1.25. The first-order valence-electron chi connectivity index (χ1n) is 24.8. The van der Waals surface area contributed by atoms with Gasteiger partial charge in [-0.2, -0.15) is 5.26 Å². The number of hydrogen-bond donors (Lipinski definition) is 2. The summed E-state index contributed by atoms with van der Waals surface area (Å²) in [5, 5.41) is 48.4. The van der Waals surface area contributed by atoms with E-state index in [0.717, 1.165) is 34.8 Å². The number of oxime groups is 1. The zero-order valence-corrected chi connectivity index (χ0v) is 40.4. The second-order valence-corrected chi connectivity index (χ2v) is 18.8. The number of carbonyl (C=O) groups excluding carboxylic acids is 1. The number of halogens is 1. The molecule has 73 heavy (non-hydrogen) atoms. The molecule has 0 radical (unpaired) electrons. The van der Waals surface area contributed by atoms with E-state index in [1.54, 1.807) is 59.5 Å². The van der Waals surface area contributed by atoms with Crippen molar-refractivity contribution >= 4 is 28.1 Å². The summed E-state index contributed by atoms with van der Waals surface area (Å²) < 4.78 is 35.9. The molecule has 2 aliphatic carbocycles. The van der Waals surface area contributed by atoms with Crippen LogP contribution >= 0.6 is 0 Å². The Labute approximate surface area is 423 Å². The van der Waals surface area contributed by atoms with E-state index in [1.165, 1.54) is 24.3 Å². The lowest BCUT2D eigenvalue weighted by molar-refractivity contribution is -0.384. The number of hydrogen-bond acceptors (Lipinski definition) is 11. The van der Waals surface area contributed by atoms with Crippen molar-refractivity contribution in [2.45, 2.75) is 75.8 Å². The van der Waals surface area contributed by atoms with Gasteiger partial charge in [0.05, 0.1) is 34.8 Å². The van der Waals surface area contributed by atoms with Crippen LogP contribution in [-0.4, -0.2) is 63.3 Å². The minimum Gasteiger partial charge on any atom is -0.459 e. The van der Waals surface area contributed by atoms with Gasteiger partial charge in [0.1, 0.15) is 35.7 Å². The third-order valence-corrected chi connectivity index (χ3v) is 14.3. The Morgan fingerprint density at radius 1 is 0.890 bits per heavy atom. The van der Waals surface area contributed by atoms with Crippen molar-refractivity contribution in [1.82, 2.24) is 4.90 Å². The summed E-state index contributed by atoms with van der Waals surface area (Å²) in [4.78, 5) is 34.4. The predicted octanol–water partition coefficient (Wildman–Crippen LogP) is 11.7. The fourth-order valence-electron chi connectivity index (χ4n) is 10.9. The highest BCUT2D eigenvalue weighted by Gasteiger charge is 2.65. The zero-order valence-electron chi connectivity index (χ0n) is 40.4. The third-order valence-electron chi connectivity index (χ3n) is 14.3. The molecular formula is C59H57FN4O9. The highest BCUT2D eigenvalue weighted by Crippen LogP contribution is 2.62. The number of fused-ring (bicyclic) bond motifs is 3. The Kier molecular flexibility index (Phi) is 15.7. The largest absolute Gasteiger partial charge is 0.459 e. The molecule has 1 heterocycles. The number of aliphatic hydroxyl groups is 2. The molecule has 1 aliphatic heterocycles. The van der Waals surface area contributed by atoms with E-state index in [2.05, 4.69) is 18.7 Å². The summed E-state index contributed by atoms with van der Waals surface area (Å²) in [5.74, 6) is -1.85. The van der Waals surface area contributed by atoms with E-state index >= 15 is 4.79 Å². The van der Waals surface area contributed by atoms with Gasteiger partial charge in [-0.3, -0.25) is 14.9 Å². The Morgan fingerprint density at radius 3 is 2.30 bits per heavy atom. The fourth-order valence-corrected chi connectivity index (χ4v) is 10.9. The Morgan fingerprint density at radius 2 is 1.59 bits per heavy atom. The molecule has 0 saturated heterocycles. The van der Waals surface area contributed by atoms with Gasteiger partial charge in [0.2, 0.25) is 5.79 Å². The molecule has 14 heteroatoms. The number of nitro groups is 1. The van der Waals surface area contributed by atoms with Crippen molar-refractivity contribution in [3.8, 4) is 23.3 Å². The maximum Gasteiger partial charge on any atom is 0.269 e. The number of non-ortho nitro benzene ring substituents is 1. The molecular weight excluding hydrogens is 928 g/mol. The molecule has 6 atom stereocenters. The quantitative estimate of drug-likeness (QED) is 0.0305. The van der Waals surface area contributed by atoms with Crippen LogP contribution in [0.2, 0.25) is 0 Å². The molecule has 6 unspecified atom stereocenters. The lowest BCUT2D eigenvalue weighted by Crippen LogP contribution is -2.70. The van der Waals surface area contributed by atoms with Crippen molar-refractivity contribution in [2.24, 2.45) is 22.9 Å². The average molecular weight is 985 g/mol. The summed E-state index contributed by atoms with van der Waals surface area (Å²) in [6.07, 6.45) is 8.02. The zero-order chi connectivity index (χ0) is 50.9. The fraction of sp³-hybridized carbons (Fsp3) is 0.305. The first-order valence-corrected chi connectivity index (χ1v) is 24.8. The molecule has 2 N–H and O–H groups in total. The number of ether oxygens (including phenoxy) is 3. The van der Waals surface area contributed by atoms with E-state index in [0.29, 0.717) is 70.9 Å². The lowest BCUT2D eigenvalue weighted by Gasteiger charge is -2.60. The third kappa shape index (κ3) is 10.9. The van der Waals surface area contributed by atoms with Crippen molar-refractivity contribution in [3.63, 3.8) is 0 Å². The molecule has 1 saturated carbocycles. The van der Waals surface area contributed by atoms with Crippen LogP contribution in [0.4, 0.5) is 10.1 Å². The summed E-state index contributed by atoms with van der Waals surface area (Å²) >= 11 is 0. The number of nitriles is 1. The number of rotatable bonds is 21. The van der Waals surface area contributed by atoms with Crippen molar-refractivity contribution in [1.29, 1.82) is 5.26 Å². The first kappa shape index (κ1) is 50.2. The van der Waals surface area contributed by atoms with Crippen LogP contribution < -0.4 is 9.47 Å². The number of nitrogens with zero attached hydrogens (tertiary/aromatic N) is 4. The lowest BCUT2D eigenvalue weighted by atomic mass is 9.55. The van der Waals surface area contributed by atoms with E-state index in [9.17, 15) is 30.0 Å². The topological polar surface area (TPSA) is 177 Å². The smallest absolute Gasteiger partial charge is 0.269 e. The minimum absolute atomic E-state index is 0.00515. The van der Waals surface area contributed by atoms with Crippen molar-refractivity contribution in [2.75, 3.05) is 19.8 Å². The minimum atomic E-state index is -1.62. The van der Waals surface area contributed by atoms with E-state index in [-0.39, 0.29) is 62.8 Å². The van der Waals surface area contributed by atoms with Crippen LogP contribution in [0.25, 0.3) is 10.8 Å². The maximum absolute atomic E-state index is 15.5. The molecule has 1 fully saturated rings. The van der Waals surface area contributed by atoms with E-state index in [1.807, 2.05) is 60.7 Å². The normalized spacial score (nSPS) is 21.2. The van der Waals surface area contributed by atoms with Crippen LogP contribution in [0.15, 0.2) is 163 Å². The number of carbonyl (C=O) groups is 1. The van der Waals surface area contributed by atoms with Crippen LogP contribution in [0, 0.1) is 45.0 Å². The Hall–Kier alpha value is -7.70. The summed E-state index contributed by atoms with van der Waals surface area (Å²) in [6.45, 7) is 4.11. The molecule has 0 bridgehead atoms. The van der Waals surface area contributed by atoms with Crippen LogP contribution in [-0.2, 0) is 22.7 Å². The van der Waals surface area contributed by atoms with Gasteiger partial charge in [-0.1, -0.05) is 72.6 Å². The molecule has 374 valence electrons. The maximum atomic E-state index is 15.5. The van der Waals surface area contributed by atoms with Gasteiger partial charge in [-0.25, -0.2) is 4.39 Å². The number of nitro benzene ring substituents is 1. The standard InChI is InChI=1S/C59H57FN4O9/c1-2-31-70-59-55(63(37-40-15-22-46(60)23-16-40)58(67)43-19-13-39(36-61)14-20-43)35-53(62-71-38-41-17-24-47(25-18-41)64(68)69)51-33-45(11-5-7-29-65)50(12-6-8-30-66)56(57(51)59)52-34-49(27-28-54(52)73-59)72-48-26-21-42-9-3-4-10-44(42)32-48/h2-4,9-10,13-28,32-34,45,50,55-57,65-66H,1,5-8,11-12,29-31,35,37-38H2. The van der Waals surface area contributed by atoms with Crippen molar-refractivity contribution in [3.05, 3.63) is 202 Å². The monoisotopic (exact) mass is 984 g/mol. The first-order chi connectivity index (χ1) is 35.6. The second kappa shape index (κ2) is 22.8. The number of benzene rings is 6. The van der Waals surface area contributed by atoms with E-state index in [4.69, 9.17) is 24.2 Å².